The Kier molecular flexibility index (Phi) is 7.67. The number of amides is 1. The molecule has 2 nitrogen and oxygen atoms in total. The first-order valence-electron chi connectivity index (χ1n) is 8.21. The monoisotopic (exact) mass is 361 g/mol. The summed E-state index contributed by atoms with van der Waals surface area (Å²) in [6.07, 6.45) is 0.942. The van der Waals surface area contributed by atoms with Crippen LogP contribution in [0.25, 0.3) is 0 Å². The lowest BCUT2D eigenvalue weighted by Gasteiger charge is -2.21. The van der Waals surface area contributed by atoms with Crippen molar-refractivity contribution in [3.8, 4) is 0 Å². The van der Waals surface area contributed by atoms with Gasteiger partial charge in [-0.2, -0.15) is 0 Å². The van der Waals surface area contributed by atoms with Gasteiger partial charge in [-0.3, -0.25) is 4.79 Å². The summed E-state index contributed by atoms with van der Waals surface area (Å²) in [6, 6.07) is 18.0. The molecule has 4 heteroatoms. The summed E-state index contributed by atoms with van der Waals surface area (Å²) in [7, 11) is 0. The second kappa shape index (κ2) is 9.75. The van der Waals surface area contributed by atoms with Gasteiger partial charge in [-0.1, -0.05) is 67.9 Å². The Labute approximate surface area is 154 Å². The molecule has 128 valence electrons. The van der Waals surface area contributed by atoms with Gasteiger partial charge in [0.15, 0.2) is 0 Å². The van der Waals surface area contributed by atoms with Crippen LogP contribution in [0, 0.1) is 5.92 Å². The summed E-state index contributed by atoms with van der Waals surface area (Å²) in [6.45, 7) is 4.36. The first-order valence-corrected chi connectivity index (χ1v) is 9.74. The van der Waals surface area contributed by atoms with E-state index < -0.39 is 0 Å². The second-order valence-corrected chi connectivity index (χ2v) is 7.70. The zero-order valence-corrected chi connectivity index (χ0v) is 15.7. The van der Waals surface area contributed by atoms with E-state index in [0.29, 0.717) is 11.7 Å². The minimum absolute atomic E-state index is 0.0785. The lowest BCUT2D eigenvalue weighted by Crippen LogP contribution is -2.30. The van der Waals surface area contributed by atoms with Crippen LogP contribution in [0.5, 0.6) is 0 Å². The molecule has 0 saturated heterocycles. The van der Waals surface area contributed by atoms with Gasteiger partial charge in [-0.15, -0.1) is 11.8 Å². The van der Waals surface area contributed by atoms with Crippen LogP contribution in [0.15, 0.2) is 54.6 Å². The van der Waals surface area contributed by atoms with Crippen molar-refractivity contribution in [1.82, 2.24) is 5.32 Å². The average molecular weight is 362 g/mol. The van der Waals surface area contributed by atoms with Crippen molar-refractivity contribution in [2.75, 3.05) is 5.75 Å². The molecule has 0 bridgehead atoms. The number of hydrogen-bond donors (Lipinski definition) is 1. The topological polar surface area (TPSA) is 29.1 Å². The molecule has 0 fully saturated rings. The van der Waals surface area contributed by atoms with Gasteiger partial charge in [-0.25, -0.2) is 0 Å². The molecule has 0 saturated carbocycles. The number of hydrogen-bond acceptors (Lipinski definition) is 2. The van der Waals surface area contributed by atoms with Gasteiger partial charge in [-0.05, 0) is 35.6 Å². The van der Waals surface area contributed by atoms with Crippen LogP contribution in [-0.4, -0.2) is 11.7 Å². The standard InChI is InChI=1S/C20H24ClNOS/c1-15(2)12-19(17-6-4-3-5-7-17)22-20(23)14-24-13-16-8-10-18(21)11-9-16/h3-11,15,19H,12-14H2,1-2H3,(H,22,23)/t19-/m0/s1. The van der Waals surface area contributed by atoms with Crippen LogP contribution in [0.4, 0.5) is 0 Å². The highest BCUT2D eigenvalue weighted by atomic mass is 35.5. The zero-order valence-electron chi connectivity index (χ0n) is 14.2. The van der Waals surface area contributed by atoms with Gasteiger partial charge in [0.05, 0.1) is 11.8 Å². The van der Waals surface area contributed by atoms with Crippen molar-refractivity contribution < 1.29 is 4.79 Å². The van der Waals surface area contributed by atoms with Crippen LogP contribution in [0.2, 0.25) is 5.02 Å². The first kappa shape index (κ1) is 18.9. The third kappa shape index (κ3) is 6.58. The number of carbonyl (C=O) groups excluding carboxylic acids is 1. The summed E-state index contributed by atoms with van der Waals surface area (Å²) in [5.41, 5.74) is 2.35. The van der Waals surface area contributed by atoms with Crippen molar-refractivity contribution in [2.24, 2.45) is 5.92 Å². The number of carbonyl (C=O) groups is 1. The fourth-order valence-corrected chi connectivity index (χ4v) is 3.44. The van der Waals surface area contributed by atoms with Crippen molar-refractivity contribution >= 4 is 29.3 Å². The summed E-state index contributed by atoms with van der Waals surface area (Å²) in [4.78, 5) is 12.3. The Balaban J connectivity index is 1.85. The van der Waals surface area contributed by atoms with Gasteiger partial charge in [0.2, 0.25) is 5.91 Å². The molecule has 0 aliphatic rings. The molecule has 24 heavy (non-hydrogen) atoms. The summed E-state index contributed by atoms with van der Waals surface area (Å²) in [5.74, 6) is 1.88. The molecule has 1 atom stereocenters. The molecule has 1 N–H and O–H groups in total. The van der Waals surface area contributed by atoms with Crippen molar-refractivity contribution in [2.45, 2.75) is 32.1 Å². The minimum atomic E-state index is 0.0785. The second-order valence-electron chi connectivity index (χ2n) is 6.28. The number of halogens is 1. The SMILES string of the molecule is CC(C)C[C@H](NC(=O)CSCc1ccc(Cl)cc1)c1ccccc1. The minimum Gasteiger partial charge on any atom is -0.349 e. The van der Waals surface area contributed by atoms with Gasteiger partial charge in [0.1, 0.15) is 0 Å². The number of benzene rings is 2. The Hall–Kier alpha value is -1.45. The molecule has 2 aromatic carbocycles. The molecule has 2 aromatic rings. The molecule has 0 aliphatic heterocycles. The highest BCUT2D eigenvalue weighted by Gasteiger charge is 2.15. The Bertz CT molecular complexity index is 628. The Morgan fingerprint density at radius 1 is 1.08 bits per heavy atom. The van der Waals surface area contributed by atoms with Crippen LogP contribution in [-0.2, 0) is 10.5 Å². The molecular formula is C20H24ClNOS. The van der Waals surface area contributed by atoms with Crippen LogP contribution in [0.1, 0.15) is 37.4 Å². The van der Waals surface area contributed by atoms with Crippen LogP contribution >= 0.6 is 23.4 Å². The number of rotatable bonds is 8. The Morgan fingerprint density at radius 2 is 1.75 bits per heavy atom. The van der Waals surface area contributed by atoms with E-state index in [1.165, 1.54) is 11.1 Å². The Morgan fingerprint density at radius 3 is 2.38 bits per heavy atom. The quantitative estimate of drug-likeness (QED) is 0.674. The van der Waals surface area contributed by atoms with E-state index in [1.807, 2.05) is 42.5 Å². The van der Waals surface area contributed by atoms with Crippen molar-refractivity contribution in [3.63, 3.8) is 0 Å². The number of nitrogens with one attached hydrogen (secondary N) is 1. The molecule has 0 aliphatic carbocycles. The maximum absolute atomic E-state index is 12.3. The molecule has 0 unspecified atom stereocenters. The van der Waals surface area contributed by atoms with E-state index in [1.54, 1.807) is 11.8 Å². The van der Waals surface area contributed by atoms with E-state index in [4.69, 9.17) is 11.6 Å². The van der Waals surface area contributed by atoms with E-state index in [9.17, 15) is 4.79 Å². The number of thioether (sulfide) groups is 1. The normalized spacial score (nSPS) is 12.2. The zero-order chi connectivity index (χ0) is 17.4. The fourth-order valence-electron chi connectivity index (χ4n) is 2.51. The first-order chi connectivity index (χ1) is 11.5. The predicted molar refractivity (Wildman–Crippen MR) is 104 cm³/mol. The van der Waals surface area contributed by atoms with E-state index >= 15 is 0 Å². The van der Waals surface area contributed by atoms with Crippen molar-refractivity contribution in [1.29, 1.82) is 0 Å². The van der Waals surface area contributed by atoms with E-state index in [0.717, 1.165) is 17.2 Å². The van der Waals surface area contributed by atoms with Gasteiger partial charge in [0.25, 0.3) is 0 Å². The maximum Gasteiger partial charge on any atom is 0.230 e. The van der Waals surface area contributed by atoms with Crippen molar-refractivity contribution in [3.05, 3.63) is 70.7 Å². The molecule has 0 spiro atoms. The third-order valence-corrected chi connectivity index (χ3v) is 4.92. The van der Waals surface area contributed by atoms with E-state index in [2.05, 4.69) is 31.3 Å². The largest absolute Gasteiger partial charge is 0.349 e. The molecular weight excluding hydrogens is 338 g/mol. The molecule has 0 heterocycles. The van der Waals surface area contributed by atoms with Crippen LogP contribution in [0.3, 0.4) is 0 Å². The summed E-state index contributed by atoms with van der Waals surface area (Å²) in [5, 5.41) is 3.92. The van der Waals surface area contributed by atoms with Gasteiger partial charge < -0.3 is 5.32 Å². The smallest absolute Gasteiger partial charge is 0.230 e. The highest BCUT2D eigenvalue weighted by molar-refractivity contribution is 7.99. The highest BCUT2D eigenvalue weighted by Crippen LogP contribution is 2.21. The van der Waals surface area contributed by atoms with E-state index in [-0.39, 0.29) is 11.9 Å². The fraction of sp³-hybridized carbons (Fsp3) is 0.350. The molecule has 2 rings (SSSR count). The lowest BCUT2D eigenvalue weighted by molar-refractivity contribution is -0.119. The maximum atomic E-state index is 12.3. The van der Waals surface area contributed by atoms with Gasteiger partial charge in [0, 0.05) is 10.8 Å². The van der Waals surface area contributed by atoms with Crippen LogP contribution < -0.4 is 5.32 Å². The summed E-state index contributed by atoms with van der Waals surface area (Å²) < 4.78 is 0. The summed E-state index contributed by atoms with van der Waals surface area (Å²) >= 11 is 7.50. The lowest BCUT2D eigenvalue weighted by atomic mass is 9.97. The predicted octanol–water partition coefficient (Wildman–Crippen LogP) is 5.48. The molecule has 0 aromatic heterocycles. The molecule has 0 radical (unpaired) electrons. The third-order valence-electron chi connectivity index (χ3n) is 3.66. The average Bonchev–Trinajstić information content (AvgIpc) is 2.56. The van der Waals surface area contributed by atoms with Gasteiger partial charge >= 0.3 is 0 Å². The molecule has 1 amide bonds.